The van der Waals surface area contributed by atoms with E-state index in [1.165, 1.54) is 0 Å². The van der Waals surface area contributed by atoms with Gasteiger partial charge < -0.3 is 5.11 Å². The molecule has 0 aliphatic heterocycles. The molecule has 0 heterocycles. The summed E-state index contributed by atoms with van der Waals surface area (Å²) in [6, 6.07) is 0. The molecule has 1 nitrogen and oxygen atoms in total. The van der Waals surface area contributed by atoms with Crippen LogP contribution in [-0.4, -0.2) is 10.7 Å². The lowest BCUT2D eigenvalue weighted by atomic mass is 9.87. The third-order valence-electron chi connectivity index (χ3n) is 1.91. The fraction of sp³-hybridized carbons (Fsp3) is 0.500. The van der Waals surface area contributed by atoms with Crippen LogP contribution >= 0.6 is 11.6 Å². The zero-order valence-corrected chi connectivity index (χ0v) is 6.89. The molecule has 0 saturated heterocycles. The van der Waals surface area contributed by atoms with Crippen molar-refractivity contribution in [2.24, 2.45) is 5.92 Å². The van der Waals surface area contributed by atoms with Crippen molar-refractivity contribution in [3.63, 3.8) is 0 Å². The highest BCUT2D eigenvalue weighted by Gasteiger charge is 2.25. The van der Waals surface area contributed by atoms with Crippen molar-refractivity contribution in [1.29, 1.82) is 0 Å². The topological polar surface area (TPSA) is 20.2 Å². The van der Waals surface area contributed by atoms with E-state index >= 15 is 0 Å². The molecule has 0 aromatic rings. The third-order valence-corrected chi connectivity index (χ3v) is 2.16. The Balaban J connectivity index is 2.84. The molecule has 0 radical (unpaired) electrons. The van der Waals surface area contributed by atoms with Crippen molar-refractivity contribution in [2.75, 3.05) is 0 Å². The second-order valence-electron chi connectivity index (χ2n) is 2.90. The van der Waals surface area contributed by atoms with Gasteiger partial charge in [-0.2, -0.15) is 0 Å². The minimum atomic E-state index is -0.724. The van der Waals surface area contributed by atoms with E-state index in [0.29, 0.717) is 5.03 Å². The van der Waals surface area contributed by atoms with Gasteiger partial charge in [-0.1, -0.05) is 30.7 Å². The maximum Gasteiger partial charge on any atom is 0.0863 e. The number of aliphatic hydroxyl groups is 1. The Bertz CT molecular complexity index is 191. The Morgan fingerprint density at radius 2 is 2.30 bits per heavy atom. The first-order valence-corrected chi connectivity index (χ1v) is 3.69. The highest BCUT2D eigenvalue weighted by molar-refractivity contribution is 6.31. The molecule has 2 heteroatoms. The van der Waals surface area contributed by atoms with Crippen molar-refractivity contribution in [1.82, 2.24) is 0 Å². The Morgan fingerprint density at radius 3 is 2.70 bits per heavy atom. The van der Waals surface area contributed by atoms with Crippen molar-refractivity contribution in [2.45, 2.75) is 19.4 Å². The number of rotatable bonds is 0. The molecule has 0 saturated carbocycles. The van der Waals surface area contributed by atoms with Gasteiger partial charge >= 0.3 is 0 Å². The molecule has 0 aromatic carbocycles. The van der Waals surface area contributed by atoms with E-state index in [2.05, 4.69) is 0 Å². The molecule has 56 valence electrons. The predicted molar refractivity (Wildman–Crippen MR) is 42.9 cm³/mol. The summed E-state index contributed by atoms with van der Waals surface area (Å²) in [4.78, 5) is 0. The van der Waals surface area contributed by atoms with E-state index < -0.39 is 5.60 Å². The summed E-state index contributed by atoms with van der Waals surface area (Å²) in [5.41, 5.74) is -0.724. The van der Waals surface area contributed by atoms with Gasteiger partial charge in [-0.25, -0.2) is 0 Å². The predicted octanol–water partition coefficient (Wildman–Crippen LogP) is 2.07. The molecule has 0 fully saturated rings. The fourth-order valence-corrected chi connectivity index (χ4v) is 1.12. The third kappa shape index (κ3) is 1.41. The van der Waals surface area contributed by atoms with Gasteiger partial charge in [0.2, 0.25) is 0 Å². The second kappa shape index (κ2) is 2.40. The summed E-state index contributed by atoms with van der Waals surface area (Å²) in [6.45, 7) is 3.71. The van der Waals surface area contributed by atoms with Crippen LogP contribution < -0.4 is 0 Å². The van der Waals surface area contributed by atoms with Crippen LogP contribution in [-0.2, 0) is 0 Å². The number of halogens is 1. The molecular weight excluding hydrogens is 148 g/mol. The molecule has 10 heavy (non-hydrogen) atoms. The molecule has 2 unspecified atom stereocenters. The minimum absolute atomic E-state index is 0.102. The average molecular weight is 159 g/mol. The van der Waals surface area contributed by atoms with Gasteiger partial charge in [-0.05, 0) is 13.0 Å². The van der Waals surface area contributed by atoms with Crippen LogP contribution in [0, 0.1) is 5.92 Å². The molecule has 1 aliphatic carbocycles. The van der Waals surface area contributed by atoms with Gasteiger partial charge in [0.25, 0.3) is 0 Å². The van der Waals surface area contributed by atoms with Crippen molar-refractivity contribution >= 4 is 11.6 Å². The summed E-state index contributed by atoms with van der Waals surface area (Å²) in [5, 5.41) is 10.3. The van der Waals surface area contributed by atoms with E-state index in [4.69, 9.17) is 11.6 Å². The van der Waals surface area contributed by atoms with Gasteiger partial charge in [0, 0.05) is 11.0 Å². The van der Waals surface area contributed by atoms with Crippen molar-refractivity contribution in [3.8, 4) is 0 Å². The number of allylic oxidation sites excluding steroid dienone is 2. The van der Waals surface area contributed by atoms with Gasteiger partial charge in [0.1, 0.15) is 0 Å². The Labute approximate surface area is 66.0 Å². The summed E-state index contributed by atoms with van der Waals surface area (Å²) >= 11 is 5.70. The van der Waals surface area contributed by atoms with Gasteiger partial charge in [-0.15, -0.1) is 0 Å². The quantitative estimate of drug-likeness (QED) is 0.572. The first-order chi connectivity index (χ1) is 4.52. The largest absolute Gasteiger partial charge is 0.385 e. The van der Waals surface area contributed by atoms with Gasteiger partial charge in [0.15, 0.2) is 0 Å². The molecule has 0 spiro atoms. The minimum Gasteiger partial charge on any atom is -0.385 e. The van der Waals surface area contributed by atoms with E-state index in [1.54, 1.807) is 19.1 Å². The summed E-state index contributed by atoms with van der Waals surface area (Å²) in [6.07, 6.45) is 5.29. The average Bonchev–Trinajstić information content (AvgIpc) is 1.81. The first-order valence-electron chi connectivity index (χ1n) is 3.31. The van der Waals surface area contributed by atoms with Gasteiger partial charge in [-0.3, -0.25) is 0 Å². The molecule has 0 amide bonds. The van der Waals surface area contributed by atoms with E-state index in [1.807, 2.05) is 13.0 Å². The molecular formula is C8H11ClO. The van der Waals surface area contributed by atoms with Crippen LogP contribution in [0.4, 0.5) is 0 Å². The molecule has 1 rings (SSSR count). The SMILES string of the molecule is CC1C=C(Cl)C=CC1(C)O. The molecule has 0 aromatic heterocycles. The number of hydrogen-bond donors (Lipinski definition) is 1. The maximum absolute atomic E-state index is 9.57. The van der Waals surface area contributed by atoms with E-state index in [0.717, 1.165) is 0 Å². The van der Waals surface area contributed by atoms with Crippen LogP contribution in [0.5, 0.6) is 0 Å². The zero-order chi connectivity index (χ0) is 7.78. The molecule has 1 aliphatic rings. The van der Waals surface area contributed by atoms with E-state index in [9.17, 15) is 5.11 Å². The highest BCUT2D eigenvalue weighted by atomic mass is 35.5. The standard InChI is InChI=1S/C8H11ClO/c1-6-5-7(9)3-4-8(6,2)10/h3-6,10H,1-2H3. The van der Waals surface area contributed by atoms with Gasteiger partial charge in [0.05, 0.1) is 5.60 Å². The molecule has 0 bridgehead atoms. The van der Waals surface area contributed by atoms with Crippen LogP contribution in [0.2, 0.25) is 0 Å². The molecule has 2 atom stereocenters. The Hall–Kier alpha value is -0.270. The Kier molecular flexibility index (Phi) is 1.88. The monoisotopic (exact) mass is 158 g/mol. The lowest BCUT2D eigenvalue weighted by Crippen LogP contribution is -2.30. The lowest BCUT2D eigenvalue weighted by molar-refractivity contribution is 0.0728. The maximum atomic E-state index is 9.57. The van der Waals surface area contributed by atoms with Crippen molar-refractivity contribution < 1.29 is 5.11 Å². The fourth-order valence-electron chi connectivity index (χ4n) is 0.863. The first kappa shape index (κ1) is 7.83. The Morgan fingerprint density at radius 1 is 1.70 bits per heavy atom. The smallest absolute Gasteiger partial charge is 0.0863 e. The summed E-state index contributed by atoms with van der Waals surface area (Å²) in [5.74, 6) is 0.102. The highest BCUT2D eigenvalue weighted by Crippen LogP contribution is 2.27. The summed E-state index contributed by atoms with van der Waals surface area (Å²) < 4.78 is 0. The summed E-state index contributed by atoms with van der Waals surface area (Å²) in [7, 11) is 0. The van der Waals surface area contributed by atoms with Crippen LogP contribution in [0.1, 0.15) is 13.8 Å². The number of hydrogen-bond acceptors (Lipinski definition) is 1. The lowest BCUT2D eigenvalue weighted by Gasteiger charge is -2.27. The van der Waals surface area contributed by atoms with Crippen LogP contribution in [0.3, 0.4) is 0 Å². The van der Waals surface area contributed by atoms with Crippen LogP contribution in [0.15, 0.2) is 23.3 Å². The zero-order valence-electron chi connectivity index (χ0n) is 6.13. The molecule has 1 N–H and O–H groups in total. The van der Waals surface area contributed by atoms with E-state index in [-0.39, 0.29) is 5.92 Å². The second-order valence-corrected chi connectivity index (χ2v) is 3.34. The normalized spacial score (nSPS) is 39.6. The van der Waals surface area contributed by atoms with Crippen molar-refractivity contribution in [3.05, 3.63) is 23.3 Å². The van der Waals surface area contributed by atoms with Crippen LogP contribution in [0.25, 0.3) is 0 Å².